The number of anilines is 1. The second-order valence-electron chi connectivity index (χ2n) is 6.00. The molecule has 0 bridgehead atoms. The molecule has 2 N–H and O–H groups in total. The number of amides is 1. The van der Waals surface area contributed by atoms with Crippen LogP contribution in [0.25, 0.3) is 0 Å². The van der Waals surface area contributed by atoms with Gasteiger partial charge in [-0.15, -0.1) is 0 Å². The number of aliphatic carboxylic acids is 1. The van der Waals surface area contributed by atoms with Gasteiger partial charge in [0.25, 0.3) is 0 Å². The molecule has 0 spiro atoms. The number of benzene rings is 2. The Balaban J connectivity index is 1.58. The zero-order chi connectivity index (χ0) is 17.0. The van der Waals surface area contributed by atoms with Crippen LogP contribution in [0.2, 0.25) is 0 Å². The molecule has 24 heavy (non-hydrogen) atoms. The van der Waals surface area contributed by atoms with Crippen molar-refractivity contribution in [3.8, 4) is 0 Å². The molecule has 0 aliphatic heterocycles. The van der Waals surface area contributed by atoms with Gasteiger partial charge in [-0.3, -0.25) is 10.1 Å². The number of hydrogen-bond acceptors (Lipinski definition) is 3. The quantitative estimate of drug-likeness (QED) is 0.873. The Morgan fingerprint density at radius 1 is 1.04 bits per heavy atom. The lowest BCUT2D eigenvalue weighted by atomic mass is 9.64. The van der Waals surface area contributed by atoms with Crippen molar-refractivity contribution in [3.63, 3.8) is 0 Å². The summed E-state index contributed by atoms with van der Waals surface area (Å²) in [6, 6.07) is 16.4. The molecule has 1 aliphatic rings. The lowest BCUT2D eigenvalue weighted by Crippen LogP contribution is -2.42. The van der Waals surface area contributed by atoms with Crippen LogP contribution in [-0.2, 0) is 21.6 Å². The topological polar surface area (TPSA) is 75.6 Å². The van der Waals surface area contributed by atoms with Crippen molar-refractivity contribution in [2.45, 2.75) is 31.3 Å². The van der Waals surface area contributed by atoms with E-state index in [4.69, 9.17) is 4.74 Å². The number of rotatable bonds is 5. The van der Waals surface area contributed by atoms with E-state index in [0.29, 0.717) is 18.5 Å². The summed E-state index contributed by atoms with van der Waals surface area (Å²) in [4.78, 5) is 23.3. The van der Waals surface area contributed by atoms with Crippen LogP contribution in [0.3, 0.4) is 0 Å². The second kappa shape index (κ2) is 6.74. The number of carboxylic acids is 1. The Bertz CT molecular complexity index is 721. The molecule has 0 aromatic heterocycles. The second-order valence-corrected chi connectivity index (χ2v) is 6.00. The average molecular weight is 325 g/mol. The van der Waals surface area contributed by atoms with Crippen LogP contribution in [0.5, 0.6) is 0 Å². The number of nitrogens with one attached hydrogen (secondary N) is 1. The third-order valence-electron chi connectivity index (χ3n) is 4.51. The average Bonchev–Trinajstić information content (AvgIpc) is 2.54. The first-order valence-electron chi connectivity index (χ1n) is 7.92. The van der Waals surface area contributed by atoms with Crippen LogP contribution in [0.1, 0.15) is 30.4 Å². The van der Waals surface area contributed by atoms with Gasteiger partial charge in [-0.05, 0) is 36.1 Å². The van der Waals surface area contributed by atoms with E-state index in [-0.39, 0.29) is 6.61 Å². The molecule has 2 aromatic rings. The first-order chi connectivity index (χ1) is 11.6. The number of carboxylic acid groups (broad SMARTS) is 1. The van der Waals surface area contributed by atoms with Crippen LogP contribution >= 0.6 is 0 Å². The third-order valence-corrected chi connectivity index (χ3v) is 4.51. The maximum atomic E-state index is 11.8. The fourth-order valence-electron chi connectivity index (χ4n) is 2.91. The zero-order valence-electron chi connectivity index (χ0n) is 13.2. The highest BCUT2D eigenvalue weighted by atomic mass is 16.5. The molecule has 2 aromatic carbocycles. The molecule has 1 aliphatic carbocycles. The number of carbonyl (C=O) groups excluding carboxylic acids is 1. The van der Waals surface area contributed by atoms with E-state index >= 15 is 0 Å². The summed E-state index contributed by atoms with van der Waals surface area (Å²) in [6.07, 6.45) is 1.71. The number of ether oxygens (including phenoxy) is 1. The van der Waals surface area contributed by atoms with Crippen molar-refractivity contribution in [3.05, 3.63) is 65.7 Å². The van der Waals surface area contributed by atoms with Gasteiger partial charge in [0.2, 0.25) is 0 Å². The lowest BCUT2D eigenvalue weighted by Gasteiger charge is -2.38. The smallest absolute Gasteiger partial charge is 0.411 e. The van der Waals surface area contributed by atoms with Gasteiger partial charge in [0.15, 0.2) is 0 Å². The Morgan fingerprint density at radius 2 is 1.71 bits per heavy atom. The lowest BCUT2D eigenvalue weighted by molar-refractivity contribution is -0.147. The molecule has 5 heteroatoms. The Hall–Kier alpha value is -2.82. The third kappa shape index (κ3) is 3.25. The predicted octanol–water partition coefficient (Wildman–Crippen LogP) is 3.94. The van der Waals surface area contributed by atoms with Gasteiger partial charge >= 0.3 is 12.1 Å². The van der Waals surface area contributed by atoms with Crippen LogP contribution in [0.15, 0.2) is 54.6 Å². The molecule has 0 radical (unpaired) electrons. The molecule has 124 valence electrons. The van der Waals surface area contributed by atoms with Crippen LogP contribution in [-0.4, -0.2) is 17.2 Å². The standard InChI is InChI=1S/C19H19NO4/c21-17(22)19(11-4-12-19)15-7-9-16(10-8-15)20-18(23)24-13-14-5-2-1-3-6-14/h1-3,5-10H,4,11-13H2,(H,20,23)(H,21,22). The Labute approximate surface area is 140 Å². The zero-order valence-corrected chi connectivity index (χ0v) is 13.2. The fraction of sp³-hybridized carbons (Fsp3) is 0.263. The molecule has 0 heterocycles. The molecule has 1 amide bonds. The molecular formula is C19H19NO4. The van der Waals surface area contributed by atoms with Crippen molar-refractivity contribution < 1.29 is 19.4 Å². The van der Waals surface area contributed by atoms with E-state index in [0.717, 1.165) is 17.5 Å². The maximum absolute atomic E-state index is 11.8. The maximum Gasteiger partial charge on any atom is 0.411 e. The van der Waals surface area contributed by atoms with Gasteiger partial charge in [-0.25, -0.2) is 4.79 Å². The molecule has 0 saturated heterocycles. The highest BCUT2D eigenvalue weighted by Gasteiger charge is 2.45. The first kappa shape index (κ1) is 16.1. The first-order valence-corrected chi connectivity index (χ1v) is 7.92. The van der Waals surface area contributed by atoms with Crippen LogP contribution in [0, 0.1) is 0 Å². The van der Waals surface area contributed by atoms with Crippen molar-refractivity contribution in [1.82, 2.24) is 0 Å². The summed E-state index contributed by atoms with van der Waals surface area (Å²) in [5.41, 5.74) is 1.52. The molecular weight excluding hydrogens is 306 g/mol. The number of hydrogen-bond donors (Lipinski definition) is 2. The minimum Gasteiger partial charge on any atom is -0.481 e. The molecule has 5 nitrogen and oxygen atoms in total. The molecule has 1 saturated carbocycles. The minimum absolute atomic E-state index is 0.201. The van der Waals surface area contributed by atoms with Crippen molar-refractivity contribution in [2.24, 2.45) is 0 Å². The van der Waals surface area contributed by atoms with Gasteiger partial charge in [-0.2, -0.15) is 0 Å². The molecule has 1 fully saturated rings. The summed E-state index contributed by atoms with van der Waals surface area (Å²) in [6.45, 7) is 0.201. The Kier molecular flexibility index (Phi) is 4.51. The highest BCUT2D eigenvalue weighted by molar-refractivity contribution is 5.85. The Morgan fingerprint density at radius 3 is 2.25 bits per heavy atom. The largest absolute Gasteiger partial charge is 0.481 e. The van der Waals surface area contributed by atoms with E-state index < -0.39 is 17.5 Å². The van der Waals surface area contributed by atoms with Gasteiger partial charge in [-0.1, -0.05) is 48.9 Å². The minimum atomic E-state index is -0.781. The van der Waals surface area contributed by atoms with E-state index in [1.54, 1.807) is 24.3 Å². The van der Waals surface area contributed by atoms with Gasteiger partial charge in [0, 0.05) is 5.69 Å². The van der Waals surface area contributed by atoms with Crippen LogP contribution < -0.4 is 5.32 Å². The van der Waals surface area contributed by atoms with E-state index in [1.165, 1.54) is 0 Å². The van der Waals surface area contributed by atoms with Gasteiger partial charge < -0.3 is 9.84 Å². The molecule has 3 rings (SSSR count). The van der Waals surface area contributed by atoms with E-state index in [2.05, 4.69) is 5.32 Å². The van der Waals surface area contributed by atoms with Gasteiger partial charge in [0.1, 0.15) is 6.61 Å². The van der Waals surface area contributed by atoms with Crippen molar-refractivity contribution in [1.29, 1.82) is 0 Å². The van der Waals surface area contributed by atoms with Gasteiger partial charge in [0.05, 0.1) is 5.41 Å². The normalized spacial score (nSPS) is 15.2. The SMILES string of the molecule is O=C(Nc1ccc(C2(C(=O)O)CCC2)cc1)OCc1ccccc1. The summed E-state index contributed by atoms with van der Waals surface area (Å²) >= 11 is 0. The fourth-order valence-corrected chi connectivity index (χ4v) is 2.91. The monoisotopic (exact) mass is 325 g/mol. The van der Waals surface area contributed by atoms with Crippen LogP contribution in [0.4, 0.5) is 10.5 Å². The summed E-state index contributed by atoms with van der Waals surface area (Å²) in [5, 5.41) is 12.1. The van der Waals surface area contributed by atoms with E-state index in [1.807, 2.05) is 30.3 Å². The summed E-state index contributed by atoms with van der Waals surface area (Å²) < 4.78 is 5.16. The predicted molar refractivity (Wildman–Crippen MR) is 89.9 cm³/mol. The van der Waals surface area contributed by atoms with Crippen molar-refractivity contribution >= 4 is 17.7 Å². The molecule has 0 atom stereocenters. The number of carbonyl (C=O) groups is 2. The molecule has 0 unspecified atom stereocenters. The van der Waals surface area contributed by atoms with Crippen molar-refractivity contribution in [2.75, 3.05) is 5.32 Å². The summed E-state index contributed by atoms with van der Waals surface area (Å²) in [7, 11) is 0. The van der Waals surface area contributed by atoms with E-state index in [9.17, 15) is 14.7 Å². The summed E-state index contributed by atoms with van der Waals surface area (Å²) in [5.74, 6) is -0.781. The highest BCUT2D eigenvalue weighted by Crippen LogP contribution is 2.44.